The van der Waals surface area contributed by atoms with Crippen LogP contribution in [-0.2, 0) is 0 Å². The molecule has 2 heterocycles. The molecule has 0 aromatic rings. The molecule has 0 aliphatic carbocycles. The van der Waals surface area contributed by atoms with Gasteiger partial charge in [-0.25, -0.2) is 0 Å². The first-order chi connectivity index (χ1) is 11.2. The fourth-order valence-electron chi connectivity index (χ4n) is 3.68. The van der Waals surface area contributed by atoms with E-state index in [2.05, 4.69) is 40.3 Å². The summed E-state index contributed by atoms with van der Waals surface area (Å²) in [5.41, 5.74) is 0.228. The van der Waals surface area contributed by atoms with E-state index in [1.165, 1.54) is 58.3 Å². The highest BCUT2D eigenvalue weighted by Crippen LogP contribution is 2.31. The van der Waals surface area contributed by atoms with E-state index in [0.717, 1.165) is 19.0 Å². The van der Waals surface area contributed by atoms with Crippen molar-refractivity contribution in [3.8, 4) is 12.3 Å². The van der Waals surface area contributed by atoms with Gasteiger partial charge in [0.25, 0.3) is 0 Å². The molecule has 2 N–H and O–H groups in total. The van der Waals surface area contributed by atoms with Crippen LogP contribution in [0.5, 0.6) is 0 Å². The molecule has 130 valence electrons. The lowest BCUT2D eigenvalue weighted by molar-refractivity contribution is 0.0208. The third-order valence-electron chi connectivity index (χ3n) is 5.18. The molecule has 2 aliphatic heterocycles. The van der Waals surface area contributed by atoms with E-state index in [4.69, 9.17) is 11.4 Å². The van der Waals surface area contributed by atoms with Gasteiger partial charge in [0.15, 0.2) is 5.96 Å². The van der Waals surface area contributed by atoms with Crippen molar-refractivity contribution < 1.29 is 0 Å². The number of likely N-dealkylation sites (tertiary alicyclic amines) is 2. The van der Waals surface area contributed by atoms with E-state index in [0.29, 0.717) is 6.54 Å². The summed E-state index contributed by atoms with van der Waals surface area (Å²) in [6, 6.07) is 0. The quantitative estimate of drug-likeness (QED) is 0.453. The third-order valence-corrected chi connectivity index (χ3v) is 5.18. The van der Waals surface area contributed by atoms with Gasteiger partial charge in [-0.2, -0.15) is 0 Å². The van der Waals surface area contributed by atoms with Crippen molar-refractivity contribution in [3.63, 3.8) is 0 Å². The summed E-state index contributed by atoms with van der Waals surface area (Å²) in [5.74, 6) is 3.47. The predicted octanol–water partition coefficient (Wildman–Crippen LogP) is 1.13. The Hall–Kier alpha value is -1.25. The van der Waals surface area contributed by atoms with E-state index in [9.17, 15) is 0 Å². The number of hydrogen-bond donors (Lipinski definition) is 2. The molecule has 2 fully saturated rings. The van der Waals surface area contributed by atoms with Crippen molar-refractivity contribution in [2.24, 2.45) is 4.99 Å². The third kappa shape index (κ3) is 5.12. The summed E-state index contributed by atoms with van der Waals surface area (Å²) < 4.78 is 0. The first kappa shape index (κ1) is 18.1. The maximum atomic E-state index is 5.36. The monoisotopic (exact) mass is 319 g/mol. The van der Waals surface area contributed by atoms with Gasteiger partial charge in [0.2, 0.25) is 0 Å². The van der Waals surface area contributed by atoms with Crippen molar-refractivity contribution in [1.29, 1.82) is 0 Å². The Kier molecular flexibility index (Phi) is 7.19. The molecule has 2 aliphatic rings. The highest BCUT2D eigenvalue weighted by atomic mass is 15.3. The second-order valence-corrected chi connectivity index (χ2v) is 6.83. The number of hydrogen-bond acceptors (Lipinski definition) is 3. The lowest BCUT2D eigenvalue weighted by atomic mass is 9.84. The Morgan fingerprint density at radius 3 is 2.43 bits per heavy atom. The van der Waals surface area contributed by atoms with E-state index in [-0.39, 0.29) is 5.54 Å². The Bertz CT molecular complexity index is 412. The van der Waals surface area contributed by atoms with Gasteiger partial charge in [-0.3, -0.25) is 9.89 Å². The van der Waals surface area contributed by atoms with Gasteiger partial charge in [0.1, 0.15) is 0 Å². The summed E-state index contributed by atoms with van der Waals surface area (Å²) in [7, 11) is 2.22. The fourth-order valence-corrected chi connectivity index (χ4v) is 3.68. The minimum absolute atomic E-state index is 0.228. The van der Waals surface area contributed by atoms with Crippen LogP contribution in [0.15, 0.2) is 4.99 Å². The lowest BCUT2D eigenvalue weighted by Crippen LogP contribution is -2.58. The van der Waals surface area contributed by atoms with E-state index in [1.54, 1.807) is 0 Å². The van der Waals surface area contributed by atoms with E-state index < -0.39 is 0 Å². The van der Waals surface area contributed by atoms with Gasteiger partial charge < -0.3 is 15.5 Å². The molecule has 2 saturated heterocycles. The van der Waals surface area contributed by atoms with Gasteiger partial charge in [-0.15, -0.1) is 6.42 Å². The summed E-state index contributed by atoms with van der Waals surface area (Å²) >= 11 is 0. The van der Waals surface area contributed by atoms with E-state index >= 15 is 0 Å². The molecule has 2 rings (SSSR count). The van der Waals surface area contributed by atoms with Gasteiger partial charge >= 0.3 is 0 Å². The topological polar surface area (TPSA) is 42.9 Å². The van der Waals surface area contributed by atoms with Gasteiger partial charge in [-0.05, 0) is 65.8 Å². The minimum atomic E-state index is 0.228. The zero-order chi connectivity index (χ0) is 16.5. The normalized spacial score (nSPS) is 23.3. The van der Waals surface area contributed by atoms with Crippen molar-refractivity contribution >= 4 is 5.96 Å². The highest BCUT2D eigenvalue weighted by Gasteiger charge is 2.39. The van der Waals surface area contributed by atoms with Crippen LogP contribution in [0.1, 0.15) is 39.0 Å². The summed E-state index contributed by atoms with van der Waals surface area (Å²) in [6.07, 6.45) is 11.8. The second-order valence-electron chi connectivity index (χ2n) is 6.83. The molecular weight excluding hydrogens is 286 g/mol. The molecule has 0 aromatic carbocycles. The number of nitrogens with one attached hydrogen (secondary N) is 2. The zero-order valence-electron chi connectivity index (χ0n) is 14.9. The molecular formula is C18H33N5. The van der Waals surface area contributed by atoms with Crippen LogP contribution in [0.4, 0.5) is 0 Å². The van der Waals surface area contributed by atoms with Gasteiger partial charge in [0.05, 0.1) is 13.1 Å². The van der Waals surface area contributed by atoms with Crippen molar-refractivity contribution in [2.75, 3.05) is 52.9 Å². The Balaban J connectivity index is 2.08. The van der Waals surface area contributed by atoms with Crippen LogP contribution in [-0.4, -0.2) is 74.2 Å². The number of aliphatic imine (C=N–C) groups is 1. The maximum Gasteiger partial charge on any atom is 0.192 e. The van der Waals surface area contributed by atoms with Crippen LogP contribution in [0.25, 0.3) is 0 Å². The van der Waals surface area contributed by atoms with Crippen LogP contribution in [0.3, 0.4) is 0 Å². The highest BCUT2D eigenvalue weighted by molar-refractivity contribution is 5.80. The van der Waals surface area contributed by atoms with Crippen LogP contribution < -0.4 is 10.6 Å². The summed E-state index contributed by atoms with van der Waals surface area (Å²) in [5, 5.41) is 6.51. The van der Waals surface area contributed by atoms with Crippen LogP contribution >= 0.6 is 0 Å². The SMILES string of the molecule is C#CCNC(=NCC1(N2CCCCC2)CCN(C)CC1)NCC. The second kappa shape index (κ2) is 9.14. The molecule has 0 unspecified atom stereocenters. The molecule has 0 aromatic heterocycles. The number of nitrogens with zero attached hydrogens (tertiary/aromatic N) is 3. The largest absolute Gasteiger partial charge is 0.357 e. The average molecular weight is 319 g/mol. The molecule has 0 saturated carbocycles. The zero-order valence-corrected chi connectivity index (χ0v) is 14.9. The van der Waals surface area contributed by atoms with Crippen LogP contribution in [0.2, 0.25) is 0 Å². The lowest BCUT2D eigenvalue weighted by Gasteiger charge is -2.49. The fraction of sp³-hybridized carbons (Fsp3) is 0.833. The van der Waals surface area contributed by atoms with E-state index in [1.807, 2.05) is 0 Å². The first-order valence-electron chi connectivity index (χ1n) is 9.09. The molecule has 5 heteroatoms. The van der Waals surface area contributed by atoms with Crippen molar-refractivity contribution in [1.82, 2.24) is 20.4 Å². The number of guanidine groups is 1. The number of rotatable bonds is 5. The molecule has 23 heavy (non-hydrogen) atoms. The Morgan fingerprint density at radius 1 is 1.13 bits per heavy atom. The van der Waals surface area contributed by atoms with Crippen LogP contribution in [0, 0.1) is 12.3 Å². The van der Waals surface area contributed by atoms with Crippen molar-refractivity contribution in [2.45, 2.75) is 44.6 Å². The average Bonchev–Trinajstić information content (AvgIpc) is 2.60. The molecule has 0 atom stereocenters. The standard InChI is InChI=1S/C18H33N5/c1-4-11-20-17(19-5-2)21-16-18(9-14-22(3)15-10-18)23-12-7-6-8-13-23/h1H,5-16H2,2-3H3,(H2,19,20,21). The Morgan fingerprint density at radius 2 is 1.83 bits per heavy atom. The molecule has 5 nitrogen and oxygen atoms in total. The molecule has 0 amide bonds. The van der Waals surface area contributed by atoms with Crippen molar-refractivity contribution in [3.05, 3.63) is 0 Å². The molecule has 0 spiro atoms. The number of terminal acetylenes is 1. The summed E-state index contributed by atoms with van der Waals surface area (Å²) in [6.45, 7) is 9.12. The van der Waals surface area contributed by atoms with Gasteiger partial charge in [-0.1, -0.05) is 12.3 Å². The minimum Gasteiger partial charge on any atom is -0.357 e. The first-order valence-corrected chi connectivity index (χ1v) is 9.09. The van der Waals surface area contributed by atoms with Gasteiger partial charge in [0, 0.05) is 12.1 Å². The molecule has 0 bridgehead atoms. The summed E-state index contributed by atoms with van der Waals surface area (Å²) in [4.78, 5) is 10.0. The molecule has 0 radical (unpaired) electrons. The smallest absolute Gasteiger partial charge is 0.192 e. The maximum absolute atomic E-state index is 5.36. The predicted molar refractivity (Wildman–Crippen MR) is 97.7 cm³/mol. The number of piperidine rings is 2. The Labute approximate surface area is 141 Å².